The van der Waals surface area contributed by atoms with Gasteiger partial charge in [-0.1, -0.05) is 17.7 Å². The minimum atomic E-state index is -0.589. The van der Waals surface area contributed by atoms with E-state index in [-0.39, 0.29) is 24.1 Å². The van der Waals surface area contributed by atoms with E-state index < -0.39 is 11.9 Å². The van der Waals surface area contributed by atoms with Crippen LogP contribution >= 0.6 is 11.6 Å². The molecule has 0 amide bonds. The van der Waals surface area contributed by atoms with Crippen LogP contribution in [0.25, 0.3) is 6.08 Å². The fourth-order valence-electron chi connectivity index (χ4n) is 3.43. The fraction of sp³-hybridized carbons (Fsp3) is 0.115. The number of carbonyl (C=O) groups excluding carboxylic acids is 2. The summed E-state index contributed by atoms with van der Waals surface area (Å²) in [4.78, 5) is 29.3. The van der Waals surface area contributed by atoms with Gasteiger partial charge in [0.25, 0.3) is 0 Å². The average Bonchev–Trinajstić information content (AvgIpc) is 3.47. The van der Waals surface area contributed by atoms with Gasteiger partial charge in [0.1, 0.15) is 0 Å². The zero-order chi connectivity index (χ0) is 24.4. The number of hydrogen-bond donors (Lipinski definition) is 0. The van der Waals surface area contributed by atoms with Gasteiger partial charge in [0.15, 0.2) is 28.7 Å². The molecule has 0 fully saturated rings. The van der Waals surface area contributed by atoms with Crippen LogP contribution < -0.4 is 18.9 Å². The van der Waals surface area contributed by atoms with Crippen molar-refractivity contribution in [3.8, 4) is 23.0 Å². The van der Waals surface area contributed by atoms with Crippen molar-refractivity contribution in [2.45, 2.75) is 6.92 Å². The first-order valence-electron chi connectivity index (χ1n) is 10.7. The first kappa shape index (κ1) is 22.5. The minimum absolute atomic E-state index is 0.117. The summed E-state index contributed by atoms with van der Waals surface area (Å²) in [6, 6.07) is 16.5. The second kappa shape index (κ2) is 9.52. The van der Waals surface area contributed by atoms with Crippen molar-refractivity contribution in [1.29, 1.82) is 0 Å². The molecule has 35 heavy (non-hydrogen) atoms. The van der Waals surface area contributed by atoms with Crippen LogP contribution in [-0.4, -0.2) is 31.2 Å². The number of fused-ring (bicyclic) bond motifs is 1. The molecule has 2 aliphatic heterocycles. The zero-order valence-corrected chi connectivity index (χ0v) is 19.2. The maximum absolute atomic E-state index is 12.5. The van der Waals surface area contributed by atoms with Gasteiger partial charge in [-0.2, -0.15) is 0 Å². The number of esters is 2. The van der Waals surface area contributed by atoms with E-state index in [9.17, 15) is 9.59 Å². The van der Waals surface area contributed by atoms with E-state index in [1.54, 1.807) is 66.7 Å². The summed E-state index contributed by atoms with van der Waals surface area (Å²) in [6.07, 6.45) is 1.57. The van der Waals surface area contributed by atoms with Gasteiger partial charge in [0, 0.05) is 10.6 Å². The van der Waals surface area contributed by atoms with Crippen LogP contribution in [0.5, 0.6) is 23.0 Å². The van der Waals surface area contributed by atoms with Gasteiger partial charge in [-0.3, -0.25) is 0 Å². The summed E-state index contributed by atoms with van der Waals surface area (Å²) in [5.41, 5.74) is 1.67. The van der Waals surface area contributed by atoms with E-state index in [0.717, 1.165) is 0 Å². The first-order valence-corrected chi connectivity index (χ1v) is 11.0. The molecule has 0 saturated heterocycles. The summed E-state index contributed by atoms with van der Waals surface area (Å²) in [5, 5.41) is 0.517. The Morgan fingerprint density at radius 1 is 1.03 bits per heavy atom. The number of carbonyl (C=O) groups is 2. The van der Waals surface area contributed by atoms with E-state index >= 15 is 0 Å². The second-order valence-electron chi connectivity index (χ2n) is 7.44. The number of rotatable bonds is 6. The maximum Gasteiger partial charge on any atom is 0.363 e. The average molecular weight is 492 g/mol. The highest BCUT2D eigenvalue weighted by atomic mass is 35.5. The molecule has 0 saturated carbocycles. The van der Waals surface area contributed by atoms with Crippen LogP contribution in [0.1, 0.15) is 28.4 Å². The quantitative estimate of drug-likeness (QED) is 0.271. The fourth-order valence-corrected chi connectivity index (χ4v) is 3.56. The predicted molar refractivity (Wildman–Crippen MR) is 127 cm³/mol. The lowest BCUT2D eigenvalue weighted by Gasteiger charge is -2.11. The van der Waals surface area contributed by atoms with E-state index in [4.69, 9.17) is 35.3 Å². The van der Waals surface area contributed by atoms with Crippen molar-refractivity contribution < 1.29 is 33.3 Å². The molecule has 0 N–H and O–H groups in total. The highest BCUT2D eigenvalue weighted by Gasteiger charge is 2.26. The molecule has 2 aliphatic rings. The topological polar surface area (TPSA) is 92.7 Å². The van der Waals surface area contributed by atoms with E-state index in [0.29, 0.717) is 45.6 Å². The van der Waals surface area contributed by atoms with E-state index in [1.807, 2.05) is 6.92 Å². The lowest BCUT2D eigenvalue weighted by atomic mass is 10.1. The van der Waals surface area contributed by atoms with Crippen LogP contribution in [0, 0.1) is 0 Å². The zero-order valence-electron chi connectivity index (χ0n) is 18.4. The van der Waals surface area contributed by atoms with Gasteiger partial charge in [-0.05, 0) is 73.2 Å². The number of hydrogen-bond acceptors (Lipinski definition) is 8. The molecule has 0 atom stereocenters. The van der Waals surface area contributed by atoms with Gasteiger partial charge in [-0.15, -0.1) is 0 Å². The van der Waals surface area contributed by atoms with E-state index in [2.05, 4.69) is 4.99 Å². The molecule has 9 heteroatoms. The maximum atomic E-state index is 12.5. The van der Waals surface area contributed by atoms with Crippen LogP contribution in [-0.2, 0) is 9.53 Å². The molecule has 0 bridgehead atoms. The van der Waals surface area contributed by atoms with Crippen LogP contribution in [0.3, 0.4) is 0 Å². The Kier molecular flexibility index (Phi) is 6.12. The summed E-state index contributed by atoms with van der Waals surface area (Å²) < 4.78 is 27.2. The number of nitrogens with zero attached hydrogens (tertiary/aromatic N) is 1. The summed E-state index contributed by atoms with van der Waals surface area (Å²) in [5.74, 6) is 0.791. The third kappa shape index (κ3) is 4.83. The number of benzene rings is 3. The lowest BCUT2D eigenvalue weighted by molar-refractivity contribution is -0.129. The number of cyclic esters (lactones) is 1. The first-order chi connectivity index (χ1) is 17.0. The van der Waals surface area contributed by atoms with Crippen LogP contribution in [0.2, 0.25) is 5.02 Å². The van der Waals surface area contributed by atoms with Crippen molar-refractivity contribution in [3.05, 3.63) is 88.1 Å². The SMILES string of the molecule is CCOc1cc(/C=C2/N=C(c3ccc4c(c3)OCO4)OC2=O)ccc1OC(=O)c1ccc(Cl)cc1. The van der Waals surface area contributed by atoms with Gasteiger partial charge in [-0.25, -0.2) is 14.6 Å². The van der Waals surface area contributed by atoms with Crippen molar-refractivity contribution in [2.75, 3.05) is 13.4 Å². The van der Waals surface area contributed by atoms with Crippen LogP contribution in [0.15, 0.2) is 71.4 Å². The highest BCUT2D eigenvalue weighted by Crippen LogP contribution is 2.34. The Hall–Kier alpha value is -4.30. The molecule has 2 heterocycles. The third-order valence-corrected chi connectivity index (χ3v) is 5.35. The smallest absolute Gasteiger partial charge is 0.363 e. The monoisotopic (exact) mass is 491 g/mol. The molecule has 0 spiro atoms. The molecular weight excluding hydrogens is 474 g/mol. The van der Waals surface area contributed by atoms with Crippen molar-refractivity contribution in [1.82, 2.24) is 0 Å². The van der Waals surface area contributed by atoms with E-state index in [1.165, 1.54) is 0 Å². The number of ether oxygens (including phenoxy) is 5. The molecular formula is C26H18ClNO7. The molecule has 0 radical (unpaired) electrons. The predicted octanol–water partition coefficient (Wildman–Crippen LogP) is 5.03. The molecule has 3 aromatic carbocycles. The third-order valence-electron chi connectivity index (χ3n) is 5.09. The molecule has 8 nitrogen and oxygen atoms in total. The second-order valence-corrected chi connectivity index (χ2v) is 7.88. The Balaban J connectivity index is 1.39. The standard InChI is InChI=1S/C26H18ClNO7/c1-2-31-22-12-15(3-9-21(22)34-25(29)16-4-7-18(27)8-5-16)11-19-26(30)35-24(28-19)17-6-10-20-23(13-17)33-14-32-20/h3-13H,2,14H2,1H3/b19-11+. The van der Waals surface area contributed by atoms with Gasteiger partial charge >= 0.3 is 11.9 Å². The lowest BCUT2D eigenvalue weighted by Crippen LogP contribution is -2.09. The Bertz CT molecular complexity index is 1380. The Labute approximate surface area is 205 Å². The minimum Gasteiger partial charge on any atom is -0.490 e. The molecule has 176 valence electrons. The van der Waals surface area contributed by atoms with Crippen molar-refractivity contribution >= 4 is 35.5 Å². The Morgan fingerprint density at radius 2 is 1.83 bits per heavy atom. The number of aliphatic imine (C=N–C) groups is 1. The summed E-state index contributed by atoms with van der Waals surface area (Å²) in [6.45, 7) is 2.30. The van der Waals surface area contributed by atoms with Gasteiger partial charge in [0.2, 0.25) is 12.7 Å². The van der Waals surface area contributed by atoms with Gasteiger partial charge < -0.3 is 23.7 Å². The normalized spacial score (nSPS) is 15.1. The van der Waals surface area contributed by atoms with Gasteiger partial charge in [0.05, 0.1) is 12.2 Å². The summed E-state index contributed by atoms with van der Waals surface area (Å²) in [7, 11) is 0. The molecule has 5 rings (SSSR count). The molecule has 0 unspecified atom stereocenters. The Morgan fingerprint density at radius 3 is 2.63 bits per heavy atom. The molecule has 0 aromatic heterocycles. The van der Waals surface area contributed by atoms with Crippen LogP contribution in [0.4, 0.5) is 0 Å². The molecule has 3 aromatic rings. The van der Waals surface area contributed by atoms with Crippen molar-refractivity contribution in [2.24, 2.45) is 4.99 Å². The molecule has 0 aliphatic carbocycles. The largest absolute Gasteiger partial charge is 0.490 e. The highest BCUT2D eigenvalue weighted by molar-refractivity contribution is 6.30. The van der Waals surface area contributed by atoms with Crippen molar-refractivity contribution in [3.63, 3.8) is 0 Å². The number of halogens is 1. The summed E-state index contributed by atoms with van der Waals surface area (Å²) >= 11 is 5.88.